The third kappa shape index (κ3) is 6.33. The Morgan fingerprint density at radius 2 is 1.80 bits per heavy atom. The lowest BCUT2D eigenvalue weighted by Crippen LogP contribution is -2.43. The van der Waals surface area contributed by atoms with Crippen molar-refractivity contribution in [3.63, 3.8) is 0 Å². The van der Waals surface area contributed by atoms with Crippen LogP contribution in [0.15, 0.2) is 29.3 Å². The summed E-state index contributed by atoms with van der Waals surface area (Å²) < 4.78 is 5.41. The second-order valence-corrected chi connectivity index (χ2v) is 6.67. The van der Waals surface area contributed by atoms with E-state index in [2.05, 4.69) is 44.8 Å². The molecule has 2 fully saturated rings. The summed E-state index contributed by atoms with van der Waals surface area (Å²) in [7, 11) is 1.85. The molecule has 6 heteroatoms. The lowest BCUT2D eigenvalue weighted by atomic mass is 9.96. The van der Waals surface area contributed by atoms with Crippen LogP contribution in [-0.2, 0) is 11.3 Å². The van der Waals surface area contributed by atoms with Crippen molar-refractivity contribution in [1.82, 2.24) is 10.6 Å². The standard InChI is InChI=1S/C19H30N4O.HI/c1-20-19(22-17-5-3-2-4-6-17)21-15-16-7-9-18(10-8-16)23-11-13-24-14-12-23;/h7-10,17H,2-6,11-15H2,1H3,(H2,20,21,22);1H. The second-order valence-electron chi connectivity index (χ2n) is 6.67. The van der Waals surface area contributed by atoms with E-state index >= 15 is 0 Å². The minimum atomic E-state index is 0. The fourth-order valence-electron chi connectivity index (χ4n) is 3.47. The minimum absolute atomic E-state index is 0. The number of aliphatic imine (C=N–C) groups is 1. The third-order valence-electron chi connectivity index (χ3n) is 4.94. The maximum atomic E-state index is 5.41. The van der Waals surface area contributed by atoms with Gasteiger partial charge in [-0.1, -0.05) is 31.4 Å². The largest absolute Gasteiger partial charge is 0.378 e. The normalized spacial score (nSPS) is 19.2. The Morgan fingerprint density at radius 3 is 2.44 bits per heavy atom. The highest BCUT2D eigenvalue weighted by molar-refractivity contribution is 14.0. The fraction of sp³-hybridized carbons (Fsp3) is 0.632. The lowest BCUT2D eigenvalue weighted by Gasteiger charge is -2.29. The van der Waals surface area contributed by atoms with Crippen molar-refractivity contribution in [2.75, 3.05) is 38.3 Å². The fourth-order valence-corrected chi connectivity index (χ4v) is 3.47. The molecule has 1 aromatic carbocycles. The van der Waals surface area contributed by atoms with Crippen molar-refractivity contribution in [2.24, 2.45) is 4.99 Å². The molecule has 1 heterocycles. The molecule has 0 radical (unpaired) electrons. The lowest BCUT2D eigenvalue weighted by molar-refractivity contribution is 0.122. The summed E-state index contributed by atoms with van der Waals surface area (Å²) in [6.45, 7) is 4.42. The number of hydrogen-bond acceptors (Lipinski definition) is 3. The van der Waals surface area contributed by atoms with Gasteiger partial charge in [0.1, 0.15) is 0 Å². The summed E-state index contributed by atoms with van der Waals surface area (Å²) in [4.78, 5) is 6.74. The van der Waals surface area contributed by atoms with Gasteiger partial charge in [-0.3, -0.25) is 4.99 Å². The van der Waals surface area contributed by atoms with Crippen LogP contribution in [0.1, 0.15) is 37.7 Å². The van der Waals surface area contributed by atoms with Crippen LogP contribution < -0.4 is 15.5 Å². The molecule has 0 atom stereocenters. The number of nitrogens with zero attached hydrogens (tertiary/aromatic N) is 2. The van der Waals surface area contributed by atoms with Gasteiger partial charge in [0.05, 0.1) is 13.2 Å². The van der Waals surface area contributed by atoms with Gasteiger partial charge in [-0.25, -0.2) is 0 Å². The zero-order chi connectivity index (χ0) is 16.6. The average molecular weight is 458 g/mol. The zero-order valence-electron chi connectivity index (χ0n) is 15.2. The van der Waals surface area contributed by atoms with Crippen LogP contribution in [0.2, 0.25) is 0 Å². The molecule has 0 unspecified atom stereocenters. The number of anilines is 1. The first-order chi connectivity index (χ1) is 11.8. The van der Waals surface area contributed by atoms with E-state index in [0.717, 1.165) is 38.8 Å². The summed E-state index contributed by atoms with van der Waals surface area (Å²) in [6, 6.07) is 9.39. The number of halogens is 1. The highest BCUT2D eigenvalue weighted by Crippen LogP contribution is 2.18. The molecule has 1 aliphatic heterocycles. The summed E-state index contributed by atoms with van der Waals surface area (Å²) in [5.74, 6) is 0.916. The predicted octanol–water partition coefficient (Wildman–Crippen LogP) is 3.14. The van der Waals surface area contributed by atoms with Crippen molar-refractivity contribution in [3.8, 4) is 0 Å². The van der Waals surface area contributed by atoms with Gasteiger partial charge in [-0.05, 0) is 30.5 Å². The van der Waals surface area contributed by atoms with E-state index in [4.69, 9.17) is 4.74 Å². The van der Waals surface area contributed by atoms with Crippen LogP contribution in [0.4, 0.5) is 5.69 Å². The first-order valence-electron chi connectivity index (χ1n) is 9.24. The summed E-state index contributed by atoms with van der Waals surface area (Å²) in [5, 5.41) is 6.99. The molecule has 1 saturated heterocycles. The average Bonchev–Trinajstić information content (AvgIpc) is 2.67. The maximum absolute atomic E-state index is 5.41. The van der Waals surface area contributed by atoms with Crippen LogP contribution in [0.5, 0.6) is 0 Å². The van der Waals surface area contributed by atoms with Crippen LogP contribution in [0, 0.1) is 0 Å². The van der Waals surface area contributed by atoms with E-state index in [-0.39, 0.29) is 24.0 Å². The second kappa shape index (κ2) is 10.9. The molecule has 2 aliphatic rings. The summed E-state index contributed by atoms with van der Waals surface area (Å²) in [6.07, 6.45) is 6.55. The molecule has 1 aliphatic carbocycles. The van der Waals surface area contributed by atoms with Gasteiger partial charge in [0.25, 0.3) is 0 Å². The third-order valence-corrected chi connectivity index (χ3v) is 4.94. The number of rotatable bonds is 4. The summed E-state index contributed by atoms with van der Waals surface area (Å²) >= 11 is 0. The molecule has 3 rings (SSSR count). The quantitative estimate of drug-likeness (QED) is 0.414. The molecule has 0 spiro atoms. The molecule has 140 valence electrons. The van der Waals surface area contributed by atoms with E-state index in [1.807, 2.05) is 7.05 Å². The van der Waals surface area contributed by atoms with Gasteiger partial charge in [0.2, 0.25) is 0 Å². The van der Waals surface area contributed by atoms with Gasteiger partial charge in [-0.2, -0.15) is 0 Å². The van der Waals surface area contributed by atoms with E-state index in [0.29, 0.717) is 6.04 Å². The van der Waals surface area contributed by atoms with Crippen molar-refractivity contribution in [3.05, 3.63) is 29.8 Å². The highest BCUT2D eigenvalue weighted by Gasteiger charge is 2.14. The van der Waals surface area contributed by atoms with Gasteiger partial charge in [-0.15, -0.1) is 24.0 Å². The number of ether oxygens (including phenoxy) is 1. The number of nitrogens with one attached hydrogen (secondary N) is 2. The van der Waals surface area contributed by atoms with Gasteiger partial charge >= 0.3 is 0 Å². The van der Waals surface area contributed by atoms with E-state index in [9.17, 15) is 0 Å². The molecule has 2 N–H and O–H groups in total. The number of morpholine rings is 1. The monoisotopic (exact) mass is 458 g/mol. The van der Waals surface area contributed by atoms with Crippen LogP contribution in [-0.4, -0.2) is 45.4 Å². The Bertz CT molecular complexity index is 523. The predicted molar refractivity (Wildman–Crippen MR) is 115 cm³/mol. The molecule has 1 saturated carbocycles. The Kier molecular flexibility index (Phi) is 8.81. The minimum Gasteiger partial charge on any atom is -0.378 e. The molecular formula is C19H31IN4O. The smallest absolute Gasteiger partial charge is 0.191 e. The molecule has 5 nitrogen and oxygen atoms in total. The van der Waals surface area contributed by atoms with Gasteiger partial charge in [0.15, 0.2) is 5.96 Å². The van der Waals surface area contributed by atoms with Crippen LogP contribution >= 0.6 is 24.0 Å². The Balaban J connectivity index is 0.00000225. The molecule has 1 aromatic rings. The molecule has 25 heavy (non-hydrogen) atoms. The summed E-state index contributed by atoms with van der Waals surface area (Å²) in [5.41, 5.74) is 2.56. The number of hydrogen-bond donors (Lipinski definition) is 2. The van der Waals surface area contributed by atoms with Crippen molar-refractivity contribution in [2.45, 2.75) is 44.7 Å². The van der Waals surface area contributed by atoms with Crippen LogP contribution in [0.25, 0.3) is 0 Å². The zero-order valence-corrected chi connectivity index (χ0v) is 17.5. The van der Waals surface area contributed by atoms with Crippen molar-refractivity contribution in [1.29, 1.82) is 0 Å². The maximum Gasteiger partial charge on any atom is 0.191 e. The molecule has 0 aromatic heterocycles. The van der Waals surface area contributed by atoms with Gasteiger partial charge < -0.3 is 20.3 Å². The van der Waals surface area contributed by atoms with E-state index in [1.165, 1.54) is 43.4 Å². The molecule has 0 amide bonds. The topological polar surface area (TPSA) is 48.9 Å². The van der Waals surface area contributed by atoms with Gasteiger partial charge in [0, 0.05) is 38.4 Å². The highest BCUT2D eigenvalue weighted by atomic mass is 127. The first-order valence-corrected chi connectivity index (χ1v) is 9.24. The Hall–Kier alpha value is -1.02. The van der Waals surface area contributed by atoms with E-state index < -0.39 is 0 Å². The van der Waals surface area contributed by atoms with Crippen molar-refractivity contribution >= 4 is 35.6 Å². The number of guanidine groups is 1. The van der Waals surface area contributed by atoms with Crippen molar-refractivity contribution < 1.29 is 4.74 Å². The Labute approximate surface area is 168 Å². The SMILES string of the molecule is CN=C(NCc1ccc(N2CCOCC2)cc1)NC1CCCCC1.I. The van der Waals surface area contributed by atoms with Crippen LogP contribution in [0.3, 0.4) is 0 Å². The Morgan fingerprint density at radius 1 is 1.12 bits per heavy atom. The van der Waals surface area contributed by atoms with E-state index in [1.54, 1.807) is 0 Å². The molecule has 0 bridgehead atoms. The first kappa shape index (κ1) is 20.3. The number of benzene rings is 1. The molecular weight excluding hydrogens is 427 g/mol.